The van der Waals surface area contributed by atoms with Crippen LogP contribution in [0.4, 0.5) is 0 Å². The molecule has 1 heteroatoms. The van der Waals surface area contributed by atoms with Crippen LogP contribution in [0.2, 0.25) is 0 Å². The fourth-order valence-electron chi connectivity index (χ4n) is 3.07. The van der Waals surface area contributed by atoms with Crippen molar-refractivity contribution in [1.82, 2.24) is 5.32 Å². The lowest BCUT2D eigenvalue weighted by Gasteiger charge is -2.08. The van der Waals surface area contributed by atoms with Crippen molar-refractivity contribution < 1.29 is 0 Å². The van der Waals surface area contributed by atoms with Gasteiger partial charge in [-0.25, -0.2) is 0 Å². The van der Waals surface area contributed by atoms with Crippen molar-refractivity contribution in [1.29, 1.82) is 0 Å². The van der Waals surface area contributed by atoms with E-state index in [1.165, 1.54) is 38.6 Å². The van der Waals surface area contributed by atoms with E-state index in [-0.39, 0.29) is 0 Å². The van der Waals surface area contributed by atoms with Gasteiger partial charge in [0.25, 0.3) is 0 Å². The molecule has 1 aromatic carbocycles. The van der Waals surface area contributed by atoms with Gasteiger partial charge in [0.05, 0.1) is 0 Å². The molecule has 3 fully saturated rings. The van der Waals surface area contributed by atoms with Crippen molar-refractivity contribution in [3.05, 3.63) is 35.4 Å². The predicted octanol–water partition coefficient (Wildman–Crippen LogP) is 3.42. The summed E-state index contributed by atoms with van der Waals surface area (Å²) in [7, 11) is 0. The van der Waals surface area contributed by atoms with Crippen molar-refractivity contribution >= 4 is 0 Å². The van der Waals surface area contributed by atoms with E-state index in [9.17, 15) is 0 Å². The summed E-state index contributed by atoms with van der Waals surface area (Å²) in [4.78, 5) is 0. The maximum atomic E-state index is 3.68. The van der Waals surface area contributed by atoms with E-state index in [0.717, 1.165) is 23.8 Å². The summed E-state index contributed by atoms with van der Waals surface area (Å²) in [5.74, 6) is 2.71. The highest BCUT2D eigenvalue weighted by atomic mass is 15.0. The van der Waals surface area contributed by atoms with Gasteiger partial charge >= 0.3 is 0 Å². The molecule has 0 spiro atoms. The first-order chi connectivity index (χ1) is 8.42. The van der Waals surface area contributed by atoms with E-state index in [4.69, 9.17) is 0 Å². The van der Waals surface area contributed by atoms with Gasteiger partial charge in [0.2, 0.25) is 0 Å². The van der Waals surface area contributed by atoms with Crippen LogP contribution in [-0.2, 0) is 0 Å². The molecule has 3 saturated carbocycles. The molecule has 0 radical (unpaired) electrons. The van der Waals surface area contributed by atoms with Crippen molar-refractivity contribution in [2.75, 3.05) is 6.54 Å². The van der Waals surface area contributed by atoms with Crippen LogP contribution in [-0.4, -0.2) is 12.6 Å². The van der Waals surface area contributed by atoms with Crippen LogP contribution in [0, 0.1) is 5.92 Å². The normalized spacial score (nSPS) is 31.5. The highest BCUT2D eigenvalue weighted by molar-refractivity contribution is 5.39. The minimum absolute atomic E-state index is 0.870. The molecular formula is C16H21N. The quantitative estimate of drug-likeness (QED) is 0.812. The Kier molecular flexibility index (Phi) is 2.29. The topological polar surface area (TPSA) is 12.0 Å². The molecule has 0 saturated heterocycles. The summed E-state index contributed by atoms with van der Waals surface area (Å²) in [6.45, 7) is 1.26. The first-order valence-corrected chi connectivity index (χ1v) is 7.24. The number of nitrogens with one attached hydrogen (secondary N) is 1. The molecule has 1 N–H and O–H groups in total. The summed E-state index contributed by atoms with van der Waals surface area (Å²) in [6.07, 6.45) is 7.10. The Morgan fingerprint density at radius 3 is 2.47 bits per heavy atom. The van der Waals surface area contributed by atoms with Crippen LogP contribution in [0.25, 0.3) is 0 Å². The maximum absolute atomic E-state index is 3.68. The van der Waals surface area contributed by atoms with Gasteiger partial charge in [-0.15, -0.1) is 0 Å². The van der Waals surface area contributed by atoms with Gasteiger partial charge in [0, 0.05) is 6.04 Å². The smallest absolute Gasteiger partial charge is 0.00683 e. The van der Waals surface area contributed by atoms with Crippen LogP contribution in [0.1, 0.15) is 55.1 Å². The minimum Gasteiger partial charge on any atom is -0.314 e. The van der Waals surface area contributed by atoms with E-state index >= 15 is 0 Å². The zero-order valence-electron chi connectivity index (χ0n) is 10.4. The van der Waals surface area contributed by atoms with Gasteiger partial charge < -0.3 is 5.32 Å². The number of hydrogen-bond donors (Lipinski definition) is 1. The second kappa shape index (κ2) is 3.84. The van der Waals surface area contributed by atoms with Crippen LogP contribution in [0.5, 0.6) is 0 Å². The molecule has 1 nitrogen and oxygen atoms in total. The molecule has 0 aromatic heterocycles. The third kappa shape index (κ3) is 2.13. The molecule has 90 valence electrons. The van der Waals surface area contributed by atoms with E-state index in [1.807, 2.05) is 0 Å². The average molecular weight is 227 g/mol. The summed E-state index contributed by atoms with van der Waals surface area (Å²) >= 11 is 0. The second-order valence-corrected chi connectivity index (χ2v) is 6.19. The SMILES string of the molecule is c1ccc(C2CC2CNC2CC2)c(C2CC2)c1. The van der Waals surface area contributed by atoms with Crippen LogP contribution in [0.15, 0.2) is 24.3 Å². The standard InChI is InChI=1S/C16H21N/c1-2-4-15(14(3-1)11-5-6-11)16-9-12(16)10-17-13-7-8-13/h1-4,11-13,16-17H,5-10H2. The number of rotatable bonds is 5. The molecule has 3 aliphatic carbocycles. The van der Waals surface area contributed by atoms with E-state index in [0.29, 0.717) is 0 Å². The monoisotopic (exact) mass is 227 g/mol. The van der Waals surface area contributed by atoms with Gasteiger partial charge in [-0.2, -0.15) is 0 Å². The largest absolute Gasteiger partial charge is 0.314 e. The van der Waals surface area contributed by atoms with Gasteiger partial charge in [-0.1, -0.05) is 24.3 Å². The molecule has 17 heavy (non-hydrogen) atoms. The summed E-state index contributed by atoms with van der Waals surface area (Å²) in [6, 6.07) is 10.1. The highest BCUT2D eigenvalue weighted by Gasteiger charge is 2.41. The molecule has 4 rings (SSSR count). The maximum Gasteiger partial charge on any atom is 0.00683 e. The van der Waals surface area contributed by atoms with Gasteiger partial charge in [0.15, 0.2) is 0 Å². The van der Waals surface area contributed by atoms with Crippen LogP contribution in [0.3, 0.4) is 0 Å². The third-order valence-corrected chi connectivity index (χ3v) is 4.58. The second-order valence-electron chi connectivity index (χ2n) is 6.19. The Labute approximate surface area is 104 Å². The molecule has 2 atom stereocenters. The molecular weight excluding hydrogens is 206 g/mol. The molecule has 1 aromatic rings. The van der Waals surface area contributed by atoms with E-state index in [1.54, 1.807) is 11.1 Å². The highest BCUT2D eigenvalue weighted by Crippen LogP contribution is 2.52. The lowest BCUT2D eigenvalue weighted by molar-refractivity contribution is 0.623. The fourth-order valence-corrected chi connectivity index (χ4v) is 3.07. The minimum atomic E-state index is 0.870. The summed E-state index contributed by atoms with van der Waals surface area (Å²) < 4.78 is 0. The lowest BCUT2D eigenvalue weighted by atomic mass is 9.98. The predicted molar refractivity (Wildman–Crippen MR) is 70.3 cm³/mol. The molecule has 3 aliphatic rings. The first kappa shape index (κ1) is 10.1. The molecule has 0 bridgehead atoms. The van der Waals surface area contributed by atoms with Crippen molar-refractivity contribution in [3.8, 4) is 0 Å². The zero-order chi connectivity index (χ0) is 11.2. The Balaban J connectivity index is 1.44. The first-order valence-electron chi connectivity index (χ1n) is 7.24. The van der Waals surface area contributed by atoms with Crippen molar-refractivity contribution in [2.45, 2.75) is 50.0 Å². The van der Waals surface area contributed by atoms with Gasteiger partial charge in [0.1, 0.15) is 0 Å². The Morgan fingerprint density at radius 2 is 1.76 bits per heavy atom. The zero-order valence-corrected chi connectivity index (χ0v) is 10.4. The summed E-state index contributed by atoms with van der Waals surface area (Å²) in [5, 5.41) is 3.68. The lowest BCUT2D eigenvalue weighted by Crippen LogP contribution is -2.19. The molecule has 0 heterocycles. The van der Waals surface area contributed by atoms with Crippen LogP contribution < -0.4 is 5.32 Å². The van der Waals surface area contributed by atoms with E-state index in [2.05, 4.69) is 29.6 Å². The fraction of sp³-hybridized carbons (Fsp3) is 0.625. The molecule has 2 unspecified atom stereocenters. The average Bonchev–Trinajstić information content (AvgIpc) is 3.26. The van der Waals surface area contributed by atoms with Gasteiger partial charge in [-0.3, -0.25) is 0 Å². The summed E-state index contributed by atoms with van der Waals surface area (Å²) in [5.41, 5.74) is 3.35. The van der Waals surface area contributed by atoms with Gasteiger partial charge in [-0.05, 0) is 67.5 Å². The van der Waals surface area contributed by atoms with E-state index < -0.39 is 0 Å². The molecule has 0 amide bonds. The van der Waals surface area contributed by atoms with Crippen molar-refractivity contribution in [2.24, 2.45) is 5.92 Å². The Morgan fingerprint density at radius 1 is 1.00 bits per heavy atom. The Bertz CT molecular complexity index is 417. The molecule has 0 aliphatic heterocycles. The number of benzene rings is 1. The van der Waals surface area contributed by atoms with Crippen molar-refractivity contribution in [3.63, 3.8) is 0 Å². The third-order valence-electron chi connectivity index (χ3n) is 4.58. The Hall–Kier alpha value is -0.820. The number of hydrogen-bond acceptors (Lipinski definition) is 1. The van der Waals surface area contributed by atoms with Crippen LogP contribution >= 0.6 is 0 Å².